The minimum Gasteiger partial charge on any atom is -0.423 e. The van der Waals surface area contributed by atoms with Crippen LogP contribution in [0.5, 0.6) is 0 Å². The predicted molar refractivity (Wildman–Crippen MR) is 104 cm³/mol. The van der Waals surface area contributed by atoms with Gasteiger partial charge in [-0.2, -0.15) is 0 Å². The lowest BCUT2D eigenvalue weighted by molar-refractivity contribution is 0.275. The smallest absolute Gasteiger partial charge is 0.423 e. The zero-order chi connectivity index (χ0) is 19.7. The van der Waals surface area contributed by atoms with Gasteiger partial charge in [0, 0.05) is 12.4 Å². The molecule has 0 saturated heterocycles. The van der Waals surface area contributed by atoms with Crippen LogP contribution in [0.3, 0.4) is 0 Å². The Kier molecular flexibility index (Phi) is 4.71. The maximum atomic E-state index is 13.0. The molecule has 0 atom stereocenters. The molecule has 0 fully saturated rings. The fraction of sp³-hybridized carbons (Fsp3) is 0.118. The van der Waals surface area contributed by atoms with E-state index in [1.165, 1.54) is 24.7 Å². The predicted octanol–water partition coefficient (Wildman–Crippen LogP) is 0.389. The Hall–Kier alpha value is -3.02. The van der Waals surface area contributed by atoms with Gasteiger partial charge in [-0.25, -0.2) is 23.4 Å². The number of hydrogen-bond donors (Lipinski definition) is 3. The Balaban J connectivity index is 1.67. The third kappa shape index (κ3) is 3.67. The highest BCUT2D eigenvalue weighted by Crippen LogP contribution is 2.26. The van der Waals surface area contributed by atoms with Gasteiger partial charge in [0.25, 0.3) is 0 Å². The lowest BCUT2D eigenvalue weighted by Gasteiger charge is -2.12. The molecule has 9 nitrogen and oxygen atoms in total. The monoisotopic (exact) mass is 397 g/mol. The zero-order valence-corrected chi connectivity index (χ0v) is 15.4. The molecule has 142 valence electrons. The van der Waals surface area contributed by atoms with Gasteiger partial charge in [0.2, 0.25) is 15.8 Å². The van der Waals surface area contributed by atoms with E-state index in [0.29, 0.717) is 23.3 Å². The Morgan fingerprint density at radius 3 is 2.79 bits per heavy atom. The number of fused-ring (bicyclic) bond motifs is 1. The molecule has 0 saturated carbocycles. The molecule has 1 aliphatic rings. The first kappa shape index (κ1) is 18.4. The first-order chi connectivity index (χ1) is 13.4. The molecule has 4 N–H and O–H groups in total. The number of sulfone groups is 1. The average molecular weight is 397 g/mol. The lowest BCUT2D eigenvalue weighted by Crippen LogP contribution is -2.28. The molecule has 11 heteroatoms. The molecule has 4 rings (SSSR count). The third-order valence-electron chi connectivity index (χ3n) is 4.21. The van der Waals surface area contributed by atoms with Crippen molar-refractivity contribution in [1.82, 2.24) is 15.0 Å². The maximum Gasteiger partial charge on any atom is 0.491 e. The van der Waals surface area contributed by atoms with Gasteiger partial charge in [-0.15, -0.1) is 0 Å². The molecule has 0 aliphatic carbocycles. The highest BCUT2D eigenvalue weighted by molar-refractivity contribution is 7.90. The van der Waals surface area contributed by atoms with Gasteiger partial charge in [-0.1, -0.05) is 18.2 Å². The van der Waals surface area contributed by atoms with Crippen LogP contribution in [-0.4, -0.2) is 35.5 Å². The molecule has 0 spiro atoms. The Morgan fingerprint density at radius 2 is 2.00 bits per heavy atom. The van der Waals surface area contributed by atoms with Crippen molar-refractivity contribution in [1.29, 1.82) is 0 Å². The highest BCUT2D eigenvalue weighted by atomic mass is 32.2. The summed E-state index contributed by atoms with van der Waals surface area (Å²) in [5, 5.41) is 12.5. The van der Waals surface area contributed by atoms with Crippen LogP contribution < -0.4 is 16.5 Å². The largest absolute Gasteiger partial charge is 0.491 e. The van der Waals surface area contributed by atoms with E-state index >= 15 is 0 Å². The van der Waals surface area contributed by atoms with Gasteiger partial charge in [-0.05, 0) is 28.7 Å². The van der Waals surface area contributed by atoms with Crippen LogP contribution in [0.15, 0.2) is 53.9 Å². The van der Waals surface area contributed by atoms with Crippen molar-refractivity contribution < 1.29 is 18.1 Å². The van der Waals surface area contributed by atoms with E-state index in [1.54, 1.807) is 24.3 Å². The summed E-state index contributed by atoms with van der Waals surface area (Å²) < 4.78 is 31.2. The van der Waals surface area contributed by atoms with Crippen LogP contribution >= 0.6 is 0 Å². The summed E-state index contributed by atoms with van der Waals surface area (Å²) in [5.41, 5.74) is 8.20. The van der Waals surface area contributed by atoms with E-state index in [2.05, 4.69) is 20.3 Å². The van der Waals surface area contributed by atoms with Crippen molar-refractivity contribution >= 4 is 39.7 Å². The van der Waals surface area contributed by atoms with E-state index in [0.717, 1.165) is 5.56 Å². The van der Waals surface area contributed by atoms with E-state index in [-0.39, 0.29) is 22.4 Å². The van der Waals surface area contributed by atoms with Crippen molar-refractivity contribution in [3.05, 3.63) is 60.0 Å². The summed E-state index contributed by atoms with van der Waals surface area (Å²) in [4.78, 5) is 12.1. The number of nitrogens with one attached hydrogen (secondary N) is 1. The number of hydrogen-bond acceptors (Lipinski definition) is 9. The molecule has 2 aromatic heterocycles. The second kappa shape index (κ2) is 7.19. The summed E-state index contributed by atoms with van der Waals surface area (Å²) >= 11 is 0. The van der Waals surface area contributed by atoms with Gasteiger partial charge in [0.05, 0.1) is 29.9 Å². The maximum absolute atomic E-state index is 13.0. The minimum absolute atomic E-state index is 0.161. The first-order valence-electron chi connectivity index (χ1n) is 8.36. The minimum atomic E-state index is -3.82. The first-order valence-corrected chi connectivity index (χ1v) is 10.0. The van der Waals surface area contributed by atoms with Crippen LogP contribution in [0, 0.1) is 0 Å². The molecule has 1 aliphatic heterocycles. The van der Waals surface area contributed by atoms with Gasteiger partial charge in [-0.3, -0.25) is 0 Å². The van der Waals surface area contributed by atoms with Gasteiger partial charge >= 0.3 is 7.12 Å². The Labute approximate surface area is 161 Å². The van der Waals surface area contributed by atoms with Crippen LogP contribution in [0.25, 0.3) is 0 Å². The summed E-state index contributed by atoms with van der Waals surface area (Å²) in [6, 6.07) is 8.20. The SMILES string of the molecule is Nc1cnc(S(=O)(=O)Cc2ccc3c(c2)B(O)OC3)c(Nc2ncccn2)c1. The summed E-state index contributed by atoms with van der Waals surface area (Å²) in [7, 11) is -4.86. The standard InChI is InChI=1S/C17H16BN5O4S/c19-13-7-15(23-17-20-4-1-5-21-17)16(22-8-13)28(25,26)10-11-2-3-12-9-27-18(24)14(12)6-11/h1-8,24H,9-10,19H2,(H,20,21,23). The molecule has 0 bridgehead atoms. The molecule has 28 heavy (non-hydrogen) atoms. The fourth-order valence-corrected chi connectivity index (χ4v) is 4.35. The normalized spacial score (nSPS) is 13.4. The second-order valence-corrected chi connectivity index (χ2v) is 8.18. The van der Waals surface area contributed by atoms with Gasteiger partial charge in [0.15, 0.2) is 5.03 Å². The molecule has 3 heterocycles. The molecular formula is C17H16BN5O4S. The van der Waals surface area contributed by atoms with Gasteiger partial charge < -0.3 is 20.7 Å². The average Bonchev–Trinajstić information content (AvgIpc) is 3.03. The molecule has 0 radical (unpaired) electrons. The number of aromatic nitrogens is 3. The Morgan fingerprint density at radius 1 is 1.21 bits per heavy atom. The molecule has 3 aromatic rings. The number of anilines is 3. The third-order valence-corrected chi connectivity index (χ3v) is 5.84. The van der Waals surface area contributed by atoms with Crippen LogP contribution in [0.2, 0.25) is 0 Å². The summed E-state index contributed by atoms with van der Waals surface area (Å²) in [6.07, 6.45) is 4.34. The van der Waals surface area contributed by atoms with E-state index < -0.39 is 17.0 Å². The van der Waals surface area contributed by atoms with E-state index in [9.17, 15) is 13.4 Å². The summed E-state index contributed by atoms with van der Waals surface area (Å²) in [6.45, 7) is 0.300. The Bertz CT molecular complexity index is 1130. The number of nitrogen functional groups attached to an aromatic ring is 1. The van der Waals surface area contributed by atoms with E-state index in [1.807, 2.05) is 0 Å². The summed E-state index contributed by atoms with van der Waals surface area (Å²) in [5.74, 6) is -0.0713. The number of nitrogens with zero attached hydrogens (tertiary/aromatic N) is 3. The van der Waals surface area contributed by atoms with Crippen molar-refractivity contribution in [3.8, 4) is 0 Å². The molecule has 0 amide bonds. The molecule has 1 aromatic carbocycles. The number of benzene rings is 1. The molecular weight excluding hydrogens is 381 g/mol. The number of rotatable bonds is 5. The van der Waals surface area contributed by atoms with Crippen molar-refractivity contribution in [3.63, 3.8) is 0 Å². The highest BCUT2D eigenvalue weighted by Gasteiger charge is 2.29. The van der Waals surface area contributed by atoms with Crippen LogP contribution in [0.1, 0.15) is 11.1 Å². The number of pyridine rings is 1. The van der Waals surface area contributed by atoms with Crippen LogP contribution in [0.4, 0.5) is 17.3 Å². The van der Waals surface area contributed by atoms with Gasteiger partial charge in [0.1, 0.15) is 0 Å². The van der Waals surface area contributed by atoms with E-state index in [4.69, 9.17) is 10.4 Å². The van der Waals surface area contributed by atoms with Crippen molar-refractivity contribution in [2.75, 3.05) is 11.1 Å². The van der Waals surface area contributed by atoms with Crippen LogP contribution in [-0.2, 0) is 26.9 Å². The second-order valence-electron chi connectivity index (χ2n) is 6.27. The number of nitrogens with two attached hydrogens (primary N) is 1. The fourth-order valence-electron chi connectivity index (χ4n) is 2.93. The zero-order valence-electron chi connectivity index (χ0n) is 14.6. The topological polar surface area (TPSA) is 140 Å². The molecule has 0 unspecified atom stereocenters. The quantitative estimate of drug-likeness (QED) is 0.522. The van der Waals surface area contributed by atoms with Crippen molar-refractivity contribution in [2.45, 2.75) is 17.4 Å². The lowest BCUT2D eigenvalue weighted by atomic mass is 9.79. The van der Waals surface area contributed by atoms with Crippen molar-refractivity contribution in [2.24, 2.45) is 0 Å².